The van der Waals surface area contributed by atoms with Crippen LogP contribution in [0.4, 0.5) is 10.8 Å². The Morgan fingerprint density at radius 1 is 1.33 bits per heavy atom. The van der Waals surface area contributed by atoms with Gasteiger partial charge in [0, 0.05) is 24.0 Å². The van der Waals surface area contributed by atoms with Crippen molar-refractivity contribution in [1.29, 1.82) is 0 Å². The first kappa shape index (κ1) is 19.0. The molecule has 1 aromatic heterocycles. The fourth-order valence-corrected chi connectivity index (χ4v) is 3.62. The average Bonchev–Trinajstić information content (AvgIpc) is 3.25. The van der Waals surface area contributed by atoms with Gasteiger partial charge in [0.25, 0.3) is 5.91 Å². The van der Waals surface area contributed by atoms with Gasteiger partial charge in [-0.05, 0) is 37.5 Å². The van der Waals surface area contributed by atoms with E-state index in [1.807, 2.05) is 32.0 Å². The van der Waals surface area contributed by atoms with E-state index in [4.69, 9.17) is 4.74 Å². The zero-order valence-electron chi connectivity index (χ0n) is 15.3. The van der Waals surface area contributed by atoms with Gasteiger partial charge < -0.3 is 10.1 Å². The maximum Gasteiger partial charge on any atom is 0.312 e. The number of hydrogen-bond acceptors (Lipinski definition) is 6. The normalized spacial score (nSPS) is 13.7. The summed E-state index contributed by atoms with van der Waals surface area (Å²) >= 11 is 1.33. The molecule has 1 aliphatic rings. The minimum atomic E-state index is -0.532. The molecule has 0 unspecified atom stereocenters. The largest absolute Gasteiger partial charge is 0.455 e. The lowest BCUT2D eigenvalue weighted by molar-refractivity contribution is -0.146. The summed E-state index contributed by atoms with van der Waals surface area (Å²) in [5, 5.41) is 5.08. The Bertz CT molecular complexity index is 878. The van der Waals surface area contributed by atoms with Crippen molar-refractivity contribution in [3.05, 3.63) is 40.4 Å². The van der Waals surface area contributed by atoms with Gasteiger partial charge in [-0.15, -0.1) is 11.3 Å². The van der Waals surface area contributed by atoms with Gasteiger partial charge >= 0.3 is 5.97 Å². The molecule has 2 amide bonds. The fourth-order valence-electron chi connectivity index (χ4n) is 2.75. The van der Waals surface area contributed by atoms with Crippen molar-refractivity contribution < 1.29 is 19.1 Å². The first-order chi connectivity index (χ1) is 12.9. The molecule has 0 radical (unpaired) electrons. The average molecular weight is 387 g/mol. The summed E-state index contributed by atoms with van der Waals surface area (Å²) in [4.78, 5) is 41.7. The monoisotopic (exact) mass is 387 g/mol. The Morgan fingerprint density at radius 2 is 2.15 bits per heavy atom. The summed E-state index contributed by atoms with van der Waals surface area (Å²) in [6.45, 7) is 4.14. The highest BCUT2D eigenvalue weighted by Gasteiger charge is 2.24. The predicted molar refractivity (Wildman–Crippen MR) is 103 cm³/mol. The van der Waals surface area contributed by atoms with E-state index in [0.717, 1.165) is 17.5 Å². The van der Waals surface area contributed by atoms with E-state index in [0.29, 0.717) is 29.5 Å². The van der Waals surface area contributed by atoms with Gasteiger partial charge in [-0.3, -0.25) is 19.3 Å². The molecule has 2 aromatic rings. The van der Waals surface area contributed by atoms with Crippen molar-refractivity contribution in [3.63, 3.8) is 0 Å². The molecule has 1 aliphatic heterocycles. The maximum atomic E-state index is 12.0. The van der Waals surface area contributed by atoms with Crippen LogP contribution in [-0.4, -0.2) is 35.9 Å². The summed E-state index contributed by atoms with van der Waals surface area (Å²) < 4.78 is 5.04. The van der Waals surface area contributed by atoms with Gasteiger partial charge in [-0.1, -0.05) is 12.1 Å². The van der Waals surface area contributed by atoms with Crippen LogP contribution in [0.2, 0.25) is 0 Å². The number of carbonyl (C=O) groups is 3. The van der Waals surface area contributed by atoms with Crippen LogP contribution >= 0.6 is 11.3 Å². The summed E-state index contributed by atoms with van der Waals surface area (Å²) in [6, 6.07) is 5.75. The number of amides is 2. The summed E-state index contributed by atoms with van der Waals surface area (Å²) in [7, 11) is 0. The third-order valence-corrected chi connectivity index (χ3v) is 5.11. The number of benzene rings is 1. The van der Waals surface area contributed by atoms with E-state index in [2.05, 4.69) is 10.3 Å². The summed E-state index contributed by atoms with van der Waals surface area (Å²) in [5.41, 5.74) is 3.21. The topological polar surface area (TPSA) is 88.6 Å². The molecular formula is C19H21N3O4S. The van der Waals surface area contributed by atoms with Crippen molar-refractivity contribution in [1.82, 2.24) is 4.98 Å². The van der Waals surface area contributed by atoms with Crippen molar-refractivity contribution in [2.45, 2.75) is 33.1 Å². The number of thiazole rings is 1. The number of esters is 1. The number of carbonyl (C=O) groups excluding carboxylic acids is 3. The van der Waals surface area contributed by atoms with E-state index < -0.39 is 11.9 Å². The quantitative estimate of drug-likeness (QED) is 0.770. The molecule has 0 saturated carbocycles. The van der Waals surface area contributed by atoms with Crippen molar-refractivity contribution >= 4 is 39.9 Å². The molecule has 0 spiro atoms. The molecule has 1 fully saturated rings. The Kier molecular flexibility index (Phi) is 5.85. The lowest BCUT2D eigenvalue weighted by Crippen LogP contribution is -2.23. The Hall–Kier alpha value is -2.74. The molecule has 0 aliphatic carbocycles. The van der Waals surface area contributed by atoms with Crippen LogP contribution in [0, 0.1) is 13.8 Å². The molecule has 0 atom stereocenters. The summed E-state index contributed by atoms with van der Waals surface area (Å²) in [5.74, 6) is -0.865. The Balaban J connectivity index is 1.48. The number of aromatic nitrogens is 1. The van der Waals surface area contributed by atoms with Gasteiger partial charge in [0.15, 0.2) is 11.7 Å². The highest BCUT2D eigenvalue weighted by molar-refractivity contribution is 7.14. The van der Waals surface area contributed by atoms with E-state index >= 15 is 0 Å². The number of aryl methyl sites for hydroxylation is 2. The molecular weight excluding hydrogens is 366 g/mol. The Labute approximate surface area is 161 Å². The molecule has 1 N–H and O–H groups in total. The molecule has 27 heavy (non-hydrogen) atoms. The van der Waals surface area contributed by atoms with Gasteiger partial charge in [-0.2, -0.15) is 0 Å². The van der Waals surface area contributed by atoms with Crippen molar-refractivity contribution in [3.8, 4) is 0 Å². The zero-order chi connectivity index (χ0) is 19.4. The SMILES string of the molecule is Cc1ccc(C)c(NC(=O)COC(=O)Cc2csc(N3CCCC3=O)n2)c1. The zero-order valence-corrected chi connectivity index (χ0v) is 16.1. The van der Waals surface area contributed by atoms with Crippen LogP contribution in [0.15, 0.2) is 23.6 Å². The second-order valence-electron chi connectivity index (χ2n) is 6.47. The molecule has 142 valence electrons. The number of ether oxygens (including phenoxy) is 1. The fraction of sp³-hybridized carbons (Fsp3) is 0.368. The highest BCUT2D eigenvalue weighted by Crippen LogP contribution is 2.25. The lowest BCUT2D eigenvalue weighted by atomic mass is 10.1. The molecule has 1 saturated heterocycles. The van der Waals surface area contributed by atoms with Crippen LogP contribution < -0.4 is 10.2 Å². The van der Waals surface area contributed by atoms with Gasteiger partial charge in [0.05, 0.1) is 12.1 Å². The highest BCUT2D eigenvalue weighted by atomic mass is 32.1. The smallest absolute Gasteiger partial charge is 0.312 e. The van der Waals surface area contributed by atoms with E-state index in [-0.39, 0.29) is 18.9 Å². The van der Waals surface area contributed by atoms with Crippen LogP contribution in [0.5, 0.6) is 0 Å². The van der Waals surface area contributed by atoms with Crippen molar-refractivity contribution in [2.24, 2.45) is 0 Å². The van der Waals surface area contributed by atoms with Gasteiger partial charge in [0.1, 0.15) is 0 Å². The number of anilines is 2. The Morgan fingerprint density at radius 3 is 2.89 bits per heavy atom. The van der Waals surface area contributed by atoms with Crippen LogP contribution in [0.3, 0.4) is 0 Å². The van der Waals surface area contributed by atoms with Crippen LogP contribution in [-0.2, 0) is 25.5 Å². The number of nitrogens with one attached hydrogen (secondary N) is 1. The van der Waals surface area contributed by atoms with Crippen LogP contribution in [0.25, 0.3) is 0 Å². The third kappa shape index (κ3) is 4.91. The van der Waals surface area contributed by atoms with Crippen LogP contribution in [0.1, 0.15) is 29.7 Å². The van der Waals surface area contributed by atoms with E-state index in [9.17, 15) is 14.4 Å². The van der Waals surface area contributed by atoms with Crippen molar-refractivity contribution in [2.75, 3.05) is 23.4 Å². The lowest BCUT2D eigenvalue weighted by Gasteiger charge is -2.10. The first-order valence-electron chi connectivity index (χ1n) is 8.70. The standard InChI is InChI=1S/C19H21N3O4S/c1-12-5-6-13(2)15(8-12)21-16(23)10-26-18(25)9-14-11-27-19(20-14)22-7-3-4-17(22)24/h5-6,8,11H,3-4,7,9-10H2,1-2H3,(H,21,23). The molecule has 1 aromatic carbocycles. The van der Waals surface area contributed by atoms with Gasteiger partial charge in [0.2, 0.25) is 5.91 Å². The second kappa shape index (κ2) is 8.30. The maximum absolute atomic E-state index is 12.0. The molecule has 8 heteroatoms. The first-order valence-corrected chi connectivity index (χ1v) is 9.58. The number of nitrogens with zero attached hydrogens (tertiary/aromatic N) is 2. The second-order valence-corrected chi connectivity index (χ2v) is 7.31. The summed E-state index contributed by atoms with van der Waals surface area (Å²) in [6.07, 6.45) is 1.33. The number of hydrogen-bond donors (Lipinski definition) is 1. The van der Waals surface area contributed by atoms with E-state index in [1.165, 1.54) is 11.3 Å². The molecule has 2 heterocycles. The molecule has 3 rings (SSSR count). The molecule has 0 bridgehead atoms. The number of rotatable bonds is 6. The van der Waals surface area contributed by atoms with Gasteiger partial charge in [-0.25, -0.2) is 4.98 Å². The van der Waals surface area contributed by atoms with E-state index in [1.54, 1.807) is 10.3 Å². The minimum Gasteiger partial charge on any atom is -0.455 e. The molecule has 7 nitrogen and oxygen atoms in total. The third-order valence-electron chi connectivity index (χ3n) is 4.20. The minimum absolute atomic E-state index is 0.0325. The predicted octanol–water partition coefficient (Wildman–Crippen LogP) is 2.61.